The number of carbonyl (C=O) groups is 2. The highest BCUT2D eigenvalue weighted by Gasteiger charge is 2.10. The van der Waals surface area contributed by atoms with Crippen molar-refractivity contribution in [2.75, 3.05) is 13.2 Å². The molecule has 0 fully saturated rings. The number of carbonyl (C=O) groups excluding carboxylic acids is 2. The Bertz CT molecular complexity index is 1010. The quantitative estimate of drug-likeness (QED) is 0.210. The molecule has 0 spiro atoms. The first kappa shape index (κ1) is 27.1. The number of thiocarbonyl (C=S) groups is 1. The summed E-state index contributed by atoms with van der Waals surface area (Å²) < 4.78 is 7.17. The van der Waals surface area contributed by atoms with E-state index in [1.165, 1.54) is 24.2 Å². The summed E-state index contributed by atoms with van der Waals surface area (Å²) >= 11 is 10.0. The van der Waals surface area contributed by atoms with E-state index >= 15 is 0 Å². The van der Waals surface area contributed by atoms with Gasteiger partial charge in [-0.2, -0.15) is 0 Å². The number of allylic oxidation sites excluding steroid dienone is 1. The Morgan fingerprint density at radius 2 is 1.88 bits per heavy atom. The van der Waals surface area contributed by atoms with Crippen molar-refractivity contribution in [2.45, 2.75) is 40.2 Å². The highest BCUT2D eigenvalue weighted by Crippen LogP contribution is 2.29. The van der Waals surface area contributed by atoms with Crippen molar-refractivity contribution in [2.24, 2.45) is 0 Å². The number of thioether (sulfide) groups is 1. The van der Waals surface area contributed by atoms with Crippen molar-refractivity contribution in [3.8, 4) is 5.75 Å². The largest absolute Gasteiger partial charge is 0.492 e. The number of ketones is 1. The minimum Gasteiger partial charge on any atom is -0.492 e. The molecule has 2 rings (SSSR count). The average molecular weight is 550 g/mol. The Hall–Kier alpha value is -2.16. The Morgan fingerprint density at radius 1 is 1.15 bits per heavy atom. The van der Waals surface area contributed by atoms with E-state index in [1.807, 2.05) is 62.4 Å². The van der Waals surface area contributed by atoms with E-state index < -0.39 is 0 Å². The summed E-state index contributed by atoms with van der Waals surface area (Å²) in [5, 5.41) is 5.97. The summed E-state index contributed by atoms with van der Waals surface area (Å²) in [5.74, 6) is 0.647. The molecule has 33 heavy (non-hydrogen) atoms. The van der Waals surface area contributed by atoms with Crippen LogP contribution in [0.1, 0.15) is 43.4 Å². The number of ether oxygens (including phenoxy) is 1. The van der Waals surface area contributed by atoms with E-state index in [9.17, 15) is 9.59 Å². The van der Waals surface area contributed by atoms with E-state index in [1.54, 1.807) is 0 Å². The minimum atomic E-state index is -0.0441. The number of nitrogens with one attached hydrogen (secondary N) is 2. The van der Waals surface area contributed by atoms with Gasteiger partial charge in [0, 0.05) is 19.5 Å². The zero-order chi connectivity index (χ0) is 24.2. The van der Waals surface area contributed by atoms with Gasteiger partial charge in [-0.3, -0.25) is 9.59 Å². The standard InChI is InChI=1S/C25H29BrN2O3S2/c1-4-27-25(32)33-23(18(3)29)15-20-11-12-22(21(26)14-20)31-13-5-6-24(30)28-16-19-9-7-17(2)8-10-19/h7-12,14-15H,4-6,13,16H2,1-3H3,(H,27,32)(H,28,30)/b23-15-. The fourth-order valence-electron chi connectivity index (χ4n) is 2.77. The van der Waals surface area contributed by atoms with Gasteiger partial charge in [0.05, 0.1) is 16.0 Å². The van der Waals surface area contributed by atoms with Crippen LogP contribution in [0.25, 0.3) is 6.08 Å². The van der Waals surface area contributed by atoms with Gasteiger partial charge in [-0.25, -0.2) is 0 Å². The van der Waals surface area contributed by atoms with Gasteiger partial charge in [0.15, 0.2) is 5.78 Å². The second kappa shape index (κ2) is 14.2. The van der Waals surface area contributed by atoms with E-state index in [0.717, 1.165) is 15.6 Å². The van der Waals surface area contributed by atoms with Crippen molar-refractivity contribution < 1.29 is 14.3 Å². The summed E-state index contributed by atoms with van der Waals surface area (Å²) in [6, 6.07) is 13.7. The van der Waals surface area contributed by atoms with Gasteiger partial charge < -0.3 is 15.4 Å². The van der Waals surface area contributed by atoms with Crippen molar-refractivity contribution in [3.05, 3.63) is 68.5 Å². The molecule has 2 N–H and O–H groups in total. The molecular weight excluding hydrogens is 520 g/mol. The molecule has 1 amide bonds. The Labute approximate surface area is 213 Å². The lowest BCUT2D eigenvalue weighted by atomic mass is 10.1. The molecule has 0 aliphatic rings. The molecule has 0 unspecified atom stereocenters. The minimum absolute atomic E-state index is 0.00321. The molecule has 2 aromatic carbocycles. The Balaban J connectivity index is 1.82. The molecular formula is C25H29BrN2O3S2. The first-order valence-corrected chi connectivity index (χ1v) is 12.7. The summed E-state index contributed by atoms with van der Waals surface area (Å²) in [6.45, 7) is 7.19. The molecule has 0 bridgehead atoms. The van der Waals surface area contributed by atoms with Crippen molar-refractivity contribution in [1.29, 1.82) is 0 Å². The summed E-state index contributed by atoms with van der Waals surface area (Å²) in [5.41, 5.74) is 3.14. The highest BCUT2D eigenvalue weighted by atomic mass is 79.9. The third-order valence-electron chi connectivity index (χ3n) is 4.54. The topological polar surface area (TPSA) is 67.4 Å². The Morgan fingerprint density at radius 3 is 2.52 bits per heavy atom. The number of hydrogen-bond donors (Lipinski definition) is 2. The molecule has 0 saturated heterocycles. The fourth-order valence-corrected chi connectivity index (χ4v) is 4.45. The lowest BCUT2D eigenvalue weighted by molar-refractivity contribution is -0.121. The van der Waals surface area contributed by atoms with Gasteiger partial charge in [0.25, 0.3) is 0 Å². The maximum atomic E-state index is 12.1. The van der Waals surface area contributed by atoms with Gasteiger partial charge in [0.1, 0.15) is 10.1 Å². The van der Waals surface area contributed by atoms with Crippen LogP contribution in [-0.2, 0) is 16.1 Å². The first-order valence-electron chi connectivity index (χ1n) is 10.7. The smallest absolute Gasteiger partial charge is 0.220 e. The van der Waals surface area contributed by atoms with Crippen LogP contribution in [0.4, 0.5) is 0 Å². The molecule has 0 aliphatic carbocycles. The zero-order valence-electron chi connectivity index (χ0n) is 19.1. The number of Topliss-reactive ketones (excluding diaryl/α,β-unsaturated/α-hetero) is 1. The molecule has 8 heteroatoms. The van der Waals surface area contributed by atoms with Gasteiger partial charge in [-0.1, -0.05) is 59.9 Å². The maximum absolute atomic E-state index is 12.1. The van der Waals surface area contributed by atoms with E-state index in [-0.39, 0.29) is 11.7 Å². The molecule has 0 heterocycles. The third kappa shape index (κ3) is 10.1. The number of rotatable bonds is 11. The van der Waals surface area contributed by atoms with Gasteiger partial charge in [-0.05, 0) is 72.5 Å². The van der Waals surface area contributed by atoms with Gasteiger partial charge >= 0.3 is 0 Å². The predicted molar refractivity (Wildman–Crippen MR) is 144 cm³/mol. The van der Waals surface area contributed by atoms with Crippen molar-refractivity contribution >= 4 is 62.0 Å². The highest BCUT2D eigenvalue weighted by molar-refractivity contribution is 9.10. The van der Waals surface area contributed by atoms with Crippen LogP contribution in [0.15, 0.2) is 51.8 Å². The number of halogens is 1. The third-order valence-corrected chi connectivity index (χ3v) is 6.51. The first-order chi connectivity index (χ1) is 15.8. The molecule has 0 aromatic heterocycles. The molecule has 5 nitrogen and oxygen atoms in total. The van der Waals surface area contributed by atoms with E-state index in [0.29, 0.717) is 47.5 Å². The fraction of sp³-hybridized carbons (Fsp3) is 0.320. The number of aryl methyl sites for hydroxylation is 1. The van der Waals surface area contributed by atoms with E-state index in [4.69, 9.17) is 17.0 Å². The van der Waals surface area contributed by atoms with E-state index in [2.05, 4.69) is 26.6 Å². The average Bonchev–Trinajstić information content (AvgIpc) is 2.77. The second-order valence-electron chi connectivity index (χ2n) is 7.39. The SMILES string of the molecule is CCNC(=S)S/C(=C\c1ccc(OCCCC(=O)NCc2ccc(C)cc2)c(Br)c1)C(C)=O. The molecule has 176 valence electrons. The molecule has 0 aliphatic heterocycles. The van der Waals surface area contributed by atoms with Crippen LogP contribution in [0.3, 0.4) is 0 Å². The number of amides is 1. The molecule has 0 saturated carbocycles. The van der Waals surface area contributed by atoms with Gasteiger partial charge in [0.2, 0.25) is 5.91 Å². The molecule has 2 aromatic rings. The summed E-state index contributed by atoms with van der Waals surface area (Å²) in [7, 11) is 0. The molecule has 0 atom stereocenters. The van der Waals surface area contributed by atoms with Crippen LogP contribution in [0, 0.1) is 6.92 Å². The van der Waals surface area contributed by atoms with Crippen molar-refractivity contribution in [1.82, 2.24) is 10.6 Å². The maximum Gasteiger partial charge on any atom is 0.220 e. The van der Waals surface area contributed by atoms with Gasteiger partial charge in [-0.15, -0.1) is 0 Å². The predicted octanol–water partition coefficient (Wildman–Crippen LogP) is 5.79. The summed E-state index contributed by atoms with van der Waals surface area (Å²) in [4.78, 5) is 24.6. The number of benzene rings is 2. The zero-order valence-corrected chi connectivity index (χ0v) is 22.3. The lowest BCUT2D eigenvalue weighted by Crippen LogP contribution is -2.22. The van der Waals surface area contributed by atoms with Crippen molar-refractivity contribution in [3.63, 3.8) is 0 Å². The monoisotopic (exact) mass is 548 g/mol. The van der Waals surface area contributed by atoms with Crippen LogP contribution in [0.2, 0.25) is 0 Å². The molecule has 0 radical (unpaired) electrons. The Kier molecular flexibility index (Phi) is 11.6. The normalized spacial score (nSPS) is 11.1. The second-order valence-corrected chi connectivity index (χ2v) is 9.96. The summed E-state index contributed by atoms with van der Waals surface area (Å²) in [6.07, 6.45) is 2.82. The van der Waals surface area contributed by atoms with Crippen LogP contribution >= 0.6 is 39.9 Å². The number of hydrogen-bond acceptors (Lipinski definition) is 5. The lowest BCUT2D eigenvalue weighted by Gasteiger charge is -2.10. The van der Waals surface area contributed by atoms with Crippen LogP contribution in [0.5, 0.6) is 5.75 Å². The van der Waals surface area contributed by atoms with Crippen LogP contribution in [-0.4, -0.2) is 29.2 Å². The van der Waals surface area contributed by atoms with Crippen LogP contribution < -0.4 is 15.4 Å².